The van der Waals surface area contributed by atoms with Gasteiger partial charge in [0.15, 0.2) is 0 Å². The predicted octanol–water partition coefficient (Wildman–Crippen LogP) is 3.59. The maximum Gasteiger partial charge on any atom is 0.125 e. The Labute approximate surface area is 102 Å². The molecule has 1 aromatic carbocycles. The van der Waals surface area contributed by atoms with E-state index in [0.29, 0.717) is 0 Å². The molecular formula is C15H19NO. The molecule has 0 fully saturated rings. The zero-order valence-corrected chi connectivity index (χ0v) is 10.4. The summed E-state index contributed by atoms with van der Waals surface area (Å²) in [4.78, 5) is 0. The molecule has 1 atom stereocenters. The molecule has 0 amide bonds. The Morgan fingerprint density at radius 3 is 2.71 bits per heavy atom. The molecule has 17 heavy (non-hydrogen) atoms. The second kappa shape index (κ2) is 5.19. The van der Waals surface area contributed by atoms with Crippen molar-refractivity contribution < 1.29 is 4.42 Å². The molecule has 0 radical (unpaired) electrons. The summed E-state index contributed by atoms with van der Waals surface area (Å²) in [5, 5.41) is 0. The highest BCUT2D eigenvalue weighted by atomic mass is 16.3. The molecule has 0 aliphatic carbocycles. The summed E-state index contributed by atoms with van der Waals surface area (Å²) < 4.78 is 5.57. The van der Waals surface area contributed by atoms with Gasteiger partial charge in [0.05, 0.1) is 6.04 Å². The van der Waals surface area contributed by atoms with Crippen molar-refractivity contribution >= 4 is 0 Å². The normalized spacial score (nSPS) is 12.6. The number of furan rings is 1. The van der Waals surface area contributed by atoms with E-state index in [1.807, 2.05) is 19.1 Å². The zero-order valence-electron chi connectivity index (χ0n) is 10.4. The molecular weight excluding hydrogens is 210 g/mol. The first-order chi connectivity index (χ1) is 8.20. The molecule has 2 heteroatoms. The maximum absolute atomic E-state index is 6.20. The van der Waals surface area contributed by atoms with Crippen molar-refractivity contribution in [2.45, 2.75) is 32.7 Å². The minimum atomic E-state index is -0.166. The Hall–Kier alpha value is -1.54. The van der Waals surface area contributed by atoms with E-state index in [0.717, 1.165) is 29.9 Å². The third-order valence-electron chi connectivity index (χ3n) is 2.92. The number of benzene rings is 1. The molecule has 2 rings (SSSR count). The van der Waals surface area contributed by atoms with Crippen LogP contribution in [-0.2, 0) is 6.42 Å². The molecule has 2 N–H and O–H groups in total. The van der Waals surface area contributed by atoms with Gasteiger partial charge in [-0.15, -0.1) is 0 Å². The Morgan fingerprint density at radius 2 is 2.06 bits per heavy atom. The zero-order chi connectivity index (χ0) is 12.3. The quantitative estimate of drug-likeness (QED) is 0.870. The van der Waals surface area contributed by atoms with Crippen molar-refractivity contribution in [3.05, 3.63) is 59.0 Å². The average molecular weight is 229 g/mol. The van der Waals surface area contributed by atoms with Gasteiger partial charge in [-0.1, -0.05) is 37.6 Å². The SMILES string of the molecule is CCCc1cccc(C(N)c2ccc(C)o2)c1. The van der Waals surface area contributed by atoms with E-state index in [4.69, 9.17) is 10.2 Å². The van der Waals surface area contributed by atoms with Gasteiger partial charge in [-0.2, -0.15) is 0 Å². The minimum Gasteiger partial charge on any atom is -0.464 e. The third-order valence-corrected chi connectivity index (χ3v) is 2.92. The fourth-order valence-electron chi connectivity index (χ4n) is 2.02. The summed E-state index contributed by atoms with van der Waals surface area (Å²) in [5.74, 6) is 1.73. The van der Waals surface area contributed by atoms with Crippen LogP contribution in [0.25, 0.3) is 0 Å². The van der Waals surface area contributed by atoms with Crippen LogP contribution >= 0.6 is 0 Å². The summed E-state index contributed by atoms with van der Waals surface area (Å²) in [7, 11) is 0. The van der Waals surface area contributed by atoms with Crippen LogP contribution in [0.4, 0.5) is 0 Å². The molecule has 1 unspecified atom stereocenters. The molecule has 2 aromatic rings. The molecule has 2 nitrogen and oxygen atoms in total. The topological polar surface area (TPSA) is 39.2 Å². The molecule has 0 aliphatic rings. The first kappa shape index (κ1) is 11.9. The standard InChI is InChI=1S/C15H19NO/c1-3-5-12-6-4-7-13(10-12)15(16)14-9-8-11(2)17-14/h4,6-10,15H,3,5,16H2,1-2H3. The highest BCUT2D eigenvalue weighted by Gasteiger charge is 2.12. The lowest BCUT2D eigenvalue weighted by Crippen LogP contribution is -2.11. The molecule has 0 bridgehead atoms. The van der Waals surface area contributed by atoms with Crippen LogP contribution in [0.15, 0.2) is 40.8 Å². The van der Waals surface area contributed by atoms with E-state index in [2.05, 4.69) is 31.2 Å². The smallest absolute Gasteiger partial charge is 0.125 e. The summed E-state index contributed by atoms with van der Waals surface area (Å²) >= 11 is 0. The Morgan fingerprint density at radius 1 is 1.24 bits per heavy atom. The van der Waals surface area contributed by atoms with Gasteiger partial charge in [-0.3, -0.25) is 0 Å². The molecule has 0 saturated carbocycles. The van der Waals surface area contributed by atoms with Gasteiger partial charge in [0, 0.05) is 0 Å². The van der Waals surface area contributed by atoms with Gasteiger partial charge in [-0.05, 0) is 36.6 Å². The highest BCUT2D eigenvalue weighted by molar-refractivity contribution is 5.30. The fraction of sp³-hybridized carbons (Fsp3) is 0.333. The Balaban J connectivity index is 2.24. The van der Waals surface area contributed by atoms with Crippen molar-refractivity contribution in [1.82, 2.24) is 0 Å². The monoisotopic (exact) mass is 229 g/mol. The molecule has 0 aliphatic heterocycles. The van der Waals surface area contributed by atoms with Crippen molar-refractivity contribution in [2.24, 2.45) is 5.73 Å². The molecule has 1 aromatic heterocycles. The Bertz CT molecular complexity index is 487. The minimum absolute atomic E-state index is 0.166. The van der Waals surface area contributed by atoms with Gasteiger partial charge < -0.3 is 10.2 Å². The van der Waals surface area contributed by atoms with Crippen molar-refractivity contribution in [3.8, 4) is 0 Å². The lowest BCUT2D eigenvalue weighted by molar-refractivity contribution is 0.466. The van der Waals surface area contributed by atoms with E-state index in [9.17, 15) is 0 Å². The second-order valence-electron chi connectivity index (χ2n) is 4.42. The van der Waals surface area contributed by atoms with Gasteiger partial charge in [0.25, 0.3) is 0 Å². The molecule has 0 saturated heterocycles. The molecule has 90 valence electrons. The summed E-state index contributed by atoms with van der Waals surface area (Å²) in [6.07, 6.45) is 2.25. The lowest BCUT2D eigenvalue weighted by atomic mass is 10.0. The number of hydrogen-bond acceptors (Lipinski definition) is 2. The van der Waals surface area contributed by atoms with Crippen LogP contribution in [0.2, 0.25) is 0 Å². The molecule has 1 heterocycles. The van der Waals surface area contributed by atoms with E-state index in [1.165, 1.54) is 5.56 Å². The highest BCUT2D eigenvalue weighted by Crippen LogP contribution is 2.22. The van der Waals surface area contributed by atoms with Crippen LogP contribution in [0.3, 0.4) is 0 Å². The van der Waals surface area contributed by atoms with E-state index in [-0.39, 0.29) is 6.04 Å². The van der Waals surface area contributed by atoms with Crippen LogP contribution in [0, 0.1) is 6.92 Å². The fourth-order valence-corrected chi connectivity index (χ4v) is 2.02. The van der Waals surface area contributed by atoms with Crippen LogP contribution in [-0.4, -0.2) is 0 Å². The van der Waals surface area contributed by atoms with Crippen molar-refractivity contribution in [3.63, 3.8) is 0 Å². The first-order valence-electron chi connectivity index (χ1n) is 6.11. The summed E-state index contributed by atoms with van der Waals surface area (Å²) in [6.45, 7) is 4.12. The van der Waals surface area contributed by atoms with Gasteiger partial charge >= 0.3 is 0 Å². The second-order valence-corrected chi connectivity index (χ2v) is 4.42. The first-order valence-corrected chi connectivity index (χ1v) is 6.11. The van der Waals surface area contributed by atoms with E-state index >= 15 is 0 Å². The Kier molecular flexibility index (Phi) is 3.64. The number of rotatable bonds is 4. The largest absolute Gasteiger partial charge is 0.464 e. The van der Waals surface area contributed by atoms with Crippen LogP contribution in [0.5, 0.6) is 0 Å². The predicted molar refractivity (Wildman–Crippen MR) is 69.9 cm³/mol. The van der Waals surface area contributed by atoms with Gasteiger partial charge in [0.1, 0.15) is 11.5 Å². The summed E-state index contributed by atoms with van der Waals surface area (Å²) in [5.41, 5.74) is 8.65. The summed E-state index contributed by atoms with van der Waals surface area (Å²) in [6, 6.07) is 12.2. The van der Waals surface area contributed by atoms with E-state index in [1.54, 1.807) is 0 Å². The average Bonchev–Trinajstić information content (AvgIpc) is 2.76. The van der Waals surface area contributed by atoms with Crippen molar-refractivity contribution in [1.29, 1.82) is 0 Å². The van der Waals surface area contributed by atoms with Gasteiger partial charge in [-0.25, -0.2) is 0 Å². The van der Waals surface area contributed by atoms with Crippen LogP contribution in [0.1, 0.15) is 42.0 Å². The van der Waals surface area contributed by atoms with Crippen LogP contribution < -0.4 is 5.73 Å². The maximum atomic E-state index is 6.20. The number of nitrogens with two attached hydrogens (primary N) is 1. The number of aryl methyl sites for hydroxylation is 2. The third kappa shape index (κ3) is 2.77. The number of hydrogen-bond donors (Lipinski definition) is 1. The van der Waals surface area contributed by atoms with Crippen molar-refractivity contribution in [2.75, 3.05) is 0 Å². The van der Waals surface area contributed by atoms with E-state index < -0.39 is 0 Å². The van der Waals surface area contributed by atoms with Gasteiger partial charge in [0.2, 0.25) is 0 Å². The lowest BCUT2D eigenvalue weighted by Gasteiger charge is -2.10. The molecule has 0 spiro atoms.